The molecule has 1 aromatic carbocycles. The molecular weight excluding hydrogens is 395 g/mol. The van der Waals surface area contributed by atoms with Gasteiger partial charge in [-0.3, -0.25) is 9.08 Å². The molecule has 4 rings (SSSR count). The van der Waals surface area contributed by atoms with Crippen molar-refractivity contribution in [3.8, 4) is 0 Å². The topological polar surface area (TPSA) is 76.2 Å². The molecule has 3 heterocycles. The van der Waals surface area contributed by atoms with Crippen LogP contribution in [0.3, 0.4) is 0 Å². The lowest BCUT2D eigenvalue weighted by atomic mass is 10.0. The molecule has 0 bridgehead atoms. The fraction of sp³-hybridized carbons (Fsp3) is 0.588. The number of nitrogens with zero attached hydrogens (tertiary/aromatic N) is 2. The van der Waals surface area contributed by atoms with E-state index in [-0.39, 0.29) is 19.0 Å². The first-order valence-electron chi connectivity index (χ1n) is 8.75. The monoisotopic (exact) mass is 416 g/mol. The smallest absolute Gasteiger partial charge is 0.414 e. The van der Waals surface area contributed by atoms with E-state index in [4.69, 9.17) is 4.74 Å². The number of anilines is 2. The SMILES string of the molecule is CS(=O)(=O)OC[C@H]1CN(c2ccc(N3CC4CSCC4C3)c(F)c2)C(=O)O1. The number of amides is 1. The summed E-state index contributed by atoms with van der Waals surface area (Å²) in [5, 5.41) is 0. The number of carbonyl (C=O) groups excluding carboxylic acids is 1. The third-order valence-electron chi connectivity index (χ3n) is 5.17. The summed E-state index contributed by atoms with van der Waals surface area (Å²) in [5.41, 5.74) is 0.945. The summed E-state index contributed by atoms with van der Waals surface area (Å²) in [4.78, 5) is 15.4. The molecule has 7 nitrogen and oxygen atoms in total. The summed E-state index contributed by atoms with van der Waals surface area (Å²) < 4.78 is 46.7. The Morgan fingerprint density at radius 3 is 2.59 bits per heavy atom. The van der Waals surface area contributed by atoms with Crippen molar-refractivity contribution in [1.29, 1.82) is 0 Å². The minimum Gasteiger partial charge on any atom is -0.441 e. The lowest BCUT2D eigenvalue weighted by Crippen LogP contribution is -2.27. The Labute approximate surface area is 161 Å². The summed E-state index contributed by atoms with van der Waals surface area (Å²) in [5.74, 6) is 3.15. The number of fused-ring (bicyclic) bond motifs is 1. The molecule has 0 N–H and O–H groups in total. The van der Waals surface area contributed by atoms with Crippen LogP contribution in [-0.4, -0.2) is 64.6 Å². The number of carbonyl (C=O) groups is 1. The molecule has 1 amide bonds. The van der Waals surface area contributed by atoms with Gasteiger partial charge in [0.05, 0.1) is 24.2 Å². The second-order valence-corrected chi connectivity index (χ2v) is 9.92. The molecular formula is C17H21FN2O5S2. The number of ether oxygens (including phenoxy) is 1. The number of rotatable bonds is 5. The minimum absolute atomic E-state index is 0.109. The van der Waals surface area contributed by atoms with Crippen LogP contribution in [0.5, 0.6) is 0 Å². The minimum atomic E-state index is -3.62. The first-order valence-corrected chi connectivity index (χ1v) is 11.7. The van der Waals surface area contributed by atoms with Crippen molar-refractivity contribution in [3.63, 3.8) is 0 Å². The zero-order chi connectivity index (χ0) is 19.2. The van der Waals surface area contributed by atoms with Crippen LogP contribution in [0.1, 0.15) is 0 Å². The zero-order valence-corrected chi connectivity index (χ0v) is 16.5. The lowest BCUT2D eigenvalue weighted by Gasteiger charge is -2.22. The van der Waals surface area contributed by atoms with Gasteiger partial charge in [-0.15, -0.1) is 0 Å². The van der Waals surface area contributed by atoms with Crippen molar-refractivity contribution in [2.24, 2.45) is 11.8 Å². The molecule has 3 atom stereocenters. The van der Waals surface area contributed by atoms with Crippen LogP contribution >= 0.6 is 11.8 Å². The third kappa shape index (κ3) is 4.02. The molecule has 27 heavy (non-hydrogen) atoms. The Hall–Kier alpha value is -1.52. The highest BCUT2D eigenvalue weighted by molar-refractivity contribution is 7.99. The van der Waals surface area contributed by atoms with E-state index in [1.807, 2.05) is 11.8 Å². The van der Waals surface area contributed by atoms with Crippen LogP contribution in [-0.2, 0) is 19.0 Å². The Balaban J connectivity index is 1.44. The standard InChI is InChI=1S/C17H21FN2O5S2/c1-27(22,23)24-8-14-7-20(17(21)25-14)13-2-3-16(15(18)4-13)19-5-11-9-26-10-12(11)6-19/h2-4,11-12,14H,5-10H2,1H3/t11?,12?,14-/m1/s1. The predicted octanol–water partition coefficient (Wildman–Crippen LogP) is 1.93. The van der Waals surface area contributed by atoms with Crippen LogP contribution in [0.2, 0.25) is 0 Å². The molecule has 0 radical (unpaired) electrons. The average Bonchev–Trinajstić information content (AvgIpc) is 3.26. The number of thioether (sulfide) groups is 1. The fourth-order valence-electron chi connectivity index (χ4n) is 3.82. The summed E-state index contributed by atoms with van der Waals surface area (Å²) in [6, 6.07) is 4.73. The van der Waals surface area contributed by atoms with Crippen molar-refractivity contribution >= 4 is 39.3 Å². The number of hydrogen-bond acceptors (Lipinski definition) is 7. The van der Waals surface area contributed by atoms with Gasteiger partial charge in [-0.2, -0.15) is 20.2 Å². The highest BCUT2D eigenvalue weighted by Gasteiger charge is 2.38. The van der Waals surface area contributed by atoms with E-state index in [9.17, 15) is 17.6 Å². The number of cyclic esters (lactones) is 1. The van der Waals surface area contributed by atoms with Crippen LogP contribution in [0.4, 0.5) is 20.6 Å². The van der Waals surface area contributed by atoms with E-state index < -0.39 is 22.3 Å². The number of halogens is 1. The van der Waals surface area contributed by atoms with Crippen LogP contribution in [0, 0.1) is 17.7 Å². The zero-order valence-electron chi connectivity index (χ0n) is 14.8. The first kappa shape index (κ1) is 18.8. The molecule has 2 unspecified atom stereocenters. The van der Waals surface area contributed by atoms with Gasteiger partial charge in [0, 0.05) is 13.1 Å². The first-order chi connectivity index (χ1) is 12.8. The largest absolute Gasteiger partial charge is 0.441 e. The molecule has 0 aromatic heterocycles. The molecule has 3 fully saturated rings. The van der Waals surface area contributed by atoms with Gasteiger partial charge in [-0.05, 0) is 41.5 Å². The molecule has 3 aliphatic rings. The van der Waals surface area contributed by atoms with Gasteiger partial charge in [0.15, 0.2) is 0 Å². The maximum Gasteiger partial charge on any atom is 0.414 e. The van der Waals surface area contributed by atoms with Gasteiger partial charge in [0.2, 0.25) is 0 Å². The summed E-state index contributed by atoms with van der Waals surface area (Å²) >= 11 is 1.97. The van der Waals surface area contributed by atoms with E-state index in [1.54, 1.807) is 12.1 Å². The maximum atomic E-state index is 14.7. The summed E-state index contributed by atoms with van der Waals surface area (Å²) in [7, 11) is -3.62. The second-order valence-electron chi connectivity index (χ2n) is 7.20. The van der Waals surface area contributed by atoms with Crippen molar-refractivity contribution in [2.75, 3.05) is 53.8 Å². The number of hydrogen-bond donors (Lipinski definition) is 0. The van der Waals surface area contributed by atoms with E-state index in [0.29, 0.717) is 23.2 Å². The fourth-order valence-corrected chi connectivity index (χ4v) is 5.72. The molecule has 148 valence electrons. The van der Waals surface area contributed by atoms with Gasteiger partial charge in [0.1, 0.15) is 18.5 Å². The van der Waals surface area contributed by atoms with E-state index in [2.05, 4.69) is 9.08 Å². The van der Waals surface area contributed by atoms with E-state index >= 15 is 0 Å². The Morgan fingerprint density at radius 2 is 1.96 bits per heavy atom. The van der Waals surface area contributed by atoms with E-state index in [0.717, 1.165) is 30.9 Å². The Morgan fingerprint density at radius 1 is 1.26 bits per heavy atom. The van der Waals surface area contributed by atoms with E-state index in [1.165, 1.54) is 11.0 Å². The Bertz CT molecular complexity index is 838. The molecule has 0 aliphatic carbocycles. The highest BCUT2D eigenvalue weighted by Crippen LogP contribution is 2.39. The number of benzene rings is 1. The van der Waals surface area contributed by atoms with Gasteiger partial charge < -0.3 is 9.64 Å². The van der Waals surface area contributed by atoms with Crippen LogP contribution in [0.25, 0.3) is 0 Å². The predicted molar refractivity (Wildman–Crippen MR) is 101 cm³/mol. The molecule has 10 heteroatoms. The highest BCUT2D eigenvalue weighted by atomic mass is 32.2. The molecule has 0 saturated carbocycles. The summed E-state index contributed by atoms with van der Waals surface area (Å²) in [6.45, 7) is 1.59. The third-order valence-corrected chi connectivity index (χ3v) is 7.06. The molecule has 1 aromatic rings. The van der Waals surface area contributed by atoms with Gasteiger partial charge in [0.25, 0.3) is 10.1 Å². The summed E-state index contributed by atoms with van der Waals surface area (Å²) in [6.07, 6.45) is -0.427. The quantitative estimate of drug-likeness (QED) is 0.679. The average molecular weight is 416 g/mol. The van der Waals surface area contributed by atoms with Gasteiger partial charge in [-0.1, -0.05) is 0 Å². The maximum absolute atomic E-state index is 14.7. The van der Waals surface area contributed by atoms with Gasteiger partial charge in [-0.25, -0.2) is 9.18 Å². The van der Waals surface area contributed by atoms with Crippen LogP contribution in [0.15, 0.2) is 18.2 Å². The van der Waals surface area contributed by atoms with Crippen molar-refractivity contribution in [1.82, 2.24) is 0 Å². The van der Waals surface area contributed by atoms with Crippen molar-refractivity contribution in [3.05, 3.63) is 24.0 Å². The second kappa shape index (κ2) is 7.14. The van der Waals surface area contributed by atoms with Crippen LogP contribution < -0.4 is 9.80 Å². The van der Waals surface area contributed by atoms with Gasteiger partial charge >= 0.3 is 6.09 Å². The van der Waals surface area contributed by atoms with Crippen molar-refractivity contribution < 1.29 is 26.5 Å². The van der Waals surface area contributed by atoms with Crippen molar-refractivity contribution in [2.45, 2.75) is 6.10 Å². The normalized spacial score (nSPS) is 27.9. The lowest BCUT2D eigenvalue weighted by molar-refractivity contribution is 0.107. The molecule has 0 spiro atoms. The molecule has 3 saturated heterocycles. The molecule has 3 aliphatic heterocycles. The Kier molecular flexibility index (Phi) is 4.98.